The highest BCUT2D eigenvalue weighted by atomic mass is 35.5. The molecule has 0 aliphatic carbocycles. The summed E-state index contributed by atoms with van der Waals surface area (Å²) in [5, 5.41) is 2.35. The molecule has 0 spiro atoms. The van der Waals surface area contributed by atoms with Crippen LogP contribution in [-0.2, 0) is 23.8 Å². The van der Waals surface area contributed by atoms with Crippen LogP contribution in [0.3, 0.4) is 0 Å². The van der Waals surface area contributed by atoms with Crippen molar-refractivity contribution in [2.75, 3.05) is 0 Å². The van der Waals surface area contributed by atoms with Gasteiger partial charge in [0.1, 0.15) is 12.0 Å². The number of nitrogens with one attached hydrogen (secondary N) is 1. The van der Waals surface area contributed by atoms with Crippen LogP contribution in [0.2, 0.25) is 0 Å². The summed E-state index contributed by atoms with van der Waals surface area (Å²) in [6, 6.07) is 0. The third-order valence-corrected chi connectivity index (χ3v) is 3.46. The van der Waals surface area contributed by atoms with Gasteiger partial charge in [-0.3, -0.25) is 9.59 Å². The summed E-state index contributed by atoms with van der Waals surface area (Å²) in [7, 11) is 0. The molecule has 1 saturated heterocycles. The smallest absolute Gasteiger partial charge is 0.441 e. The molecule has 2 unspecified atom stereocenters. The summed E-state index contributed by atoms with van der Waals surface area (Å²) in [6.07, 6.45) is -2.86. The van der Waals surface area contributed by atoms with Crippen molar-refractivity contribution >= 4 is 52.8 Å². The number of β-lactam (4-membered cyclic amide) rings is 1. The average Bonchev–Trinajstić information content (AvgIpc) is 2.26. The molecule has 114 valence electrons. The minimum Gasteiger partial charge on any atom is -0.441 e. The number of alkyl halides is 3. The molecule has 1 aliphatic heterocycles. The van der Waals surface area contributed by atoms with Gasteiger partial charge in [-0.25, -0.2) is 4.79 Å². The molecule has 1 rings (SSSR count). The molecule has 1 N–H and O–H groups in total. The Morgan fingerprint density at radius 3 is 2.30 bits per heavy atom. The third kappa shape index (κ3) is 4.57. The molecule has 1 amide bonds. The topological polar surface area (TPSA) is 90.9 Å². The fourth-order valence-corrected chi connectivity index (χ4v) is 1.68. The average molecular weight is 349 g/mol. The molecular formula is C10H12Cl3NO6. The fraction of sp³-hybridized carbons (Fsp3) is 0.700. The summed E-state index contributed by atoms with van der Waals surface area (Å²) in [4.78, 5) is 32.4. The lowest BCUT2D eigenvalue weighted by Crippen LogP contribution is -2.63. The predicted molar refractivity (Wildman–Crippen MR) is 69.3 cm³/mol. The van der Waals surface area contributed by atoms with Crippen LogP contribution < -0.4 is 5.32 Å². The number of hydrogen-bond acceptors (Lipinski definition) is 6. The van der Waals surface area contributed by atoms with Crippen LogP contribution in [0.25, 0.3) is 0 Å². The minimum absolute atomic E-state index is 0.411. The second-order valence-electron chi connectivity index (χ2n) is 3.94. The first-order chi connectivity index (χ1) is 9.22. The normalized spacial score (nSPS) is 24.2. The molecule has 7 nitrogen and oxygen atoms in total. The lowest BCUT2D eigenvalue weighted by atomic mass is 9.93. The van der Waals surface area contributed by atoms with E-state index in [1.165, 1.54) is 13.8 Å². The molecule has 0 aromatic heterocycles. The fourth-order valence-electron chi connectivity index (χ4n) is 1.50. The van der Waals surface area contributed by atoms with E-state index in [0.717, 1.165) is 0 Å². The van der Waals surface area contributed by atoms with E-state index < -0.39 is 46.7 Å². The van der Waals surface area contributed by atoms with Crippen LogP contribution in [-0.4, -0.2) is 40.8 Å². The van der Waals surface area contributed by atoms with Gasteiger partial charge in [-0.2, -0.15) is 0 Å². The first kappa shape index (κ1) is 17.1. The summed E-state index contributed by atoms with van der Waals surface area (Å²) in [5.41, 5.74) is -1.28. The Morgan fingerprint density at radius 1 is 1.25 bits per heavy atom. The van der Waals surface area contributed by atoms with Crippen LogP contribution in [0.4, 0.5) is 4.79 Å². The number of esters is 1. The molecule has 20 heavy (non-hydrogen) atoms. The first-order valence-electron chi connectivity index (χ1n) is 5.49. The van der Waals surface area contributed by atoms with Crippen molar-refractivity contribution < 1.29 is 28.6 Å². The van der Waals surface area contributed by atoms with Gasteiger partial charge in [0, 0.05) is 6.92 Å². The van der Waals surface area contributed by atoms with Gasteiger partial charge in [-0.15, -0.1) is 0 Å². The maximum atomic E-state index is 11.4. The zero-order chi connectivity index (χ0) is 15.4. The first-order valence-corrected chi connectivity index (χ1v) is 6.80. The lowest BCUT2D eigenvalue weighted by molar-refractivity contribution is -0.174. The van der Waals surface area contributed by atoms with E-state index in [1.807, 2.05) is 0 Å². The van der Waals surface area contributed by atoms with Crippen molar-refractivity contribution in [2.45, 2.75) is 36.6 Å². The molecular weight excluding hydrogens is 336 g/mol. The molecule has 1 fully saturated rings. The second kappa shape index (κ2) is 7.19. The Morgan fingerprint density at radius 2 is 1.85 bits per heavy atom. The van der Waals surface area contributed by atoms with Crippen molar-refractivity contribution in [1.29, 1.82) is 0 Å². The summed E-state index contributed by atoms with van der Waals surface area (Å²) >= 11 is 16.3. The van der Waals surface area contributed by atoms with Crippen molar-refractivity contribution in [3.63, 3.8) is 0 Å². The van der Waals surface area contributed by atoms with Gasteiger partial charge in [0.15, 0.2) is 11.1 Å². The van der Waals surface area contributed by atoms with Crippen molar-refractivity contribution in [1.82, 2.24) is 5.32 Å². The number of ether oxygens (including phenoxy) is 3. The van der Waals surface area contributed by atoms with Gasteiger partial charge in [-0.05, 0) is 6.92 Å². The van der Waals surface area contributed by atoms with Crippen LogP contribution >= 0.6 is 34.8 Å². The standard InChI is InChI=1S/C10H12Cl3NO6/c1-3(18-10(17)20-7(13)6(11)12)5-8(16)14-9(5)19-4(2)15/h3,5-7,9H,1-2H3,(H,14,16)/t3?,5-,7?,9-/m1/s1. The molecule has 0 aromatic carbocycles. The second-order valence-corrected chi connectivity index (χ2v) is 5.53. The molecule has 1 aliphatic rings. The number of hydrogen-bond donors (Lipinski definition) is 1. The Kier molecular flexibility index (Phi) is 6.16. The van der Waals surface area contributed by atoms with Crippen molar-refractivity contribution in [3.05, 3.63) is 0 Å². The van der Waals surface area contributed by atoms with Crippen LogP contribution in [0, 0.1) is 5.92 Å². The maximum Gasteiger partial charge on any atom is 0.510 e. The molecule has 0 aromatic rings. The SMILES string of the molecule is CC(=O)O[C@H]1NC(=O)[C@H]1C(C)OC(=O)OC(Cl)C(Cl)Cl. The number of carbonyl (C=O) groups is 3. The summed E-state index contributed by atoms with van der Waals surface area (Å²) in [6.45, 7) is 2.64. The van der Waals surface area contributed by atoms with Gasteiger partial charge >= 0.3 is 12.1 Å². The van der Waals surface area contributed by atoms with Crippen molar-refractivity contribution in [3.8, 4) is 0 Å². The van der Waals surface area contributed by atoms with Crippen molar-refractivity contribution in [2.24, 2.45) is 5.92 Å². The summed E-state index contributed by atoms with van der Waals surface area (Å²) < 4.78 is 14.2. The zero-order valence-electron chi connectivity index (χ0n) is 10.5. The molecule has 1 heterocycles. The third-order valence-electron chi connectivity index (χ3n) is 2.40. The highest BCUT2D eigenvalue weighted by Gasteiger charge is 2.47. The Bertz CT molecular complexity index is 404. The quantitative estimate of drug-likeness (QED) is 0.460. The number of rotatable bonds is 5. The Hall–Kier alpha value is -0.920. The van der Waals surface area contributed by atoms with E-state index in [1.54, 1.807) is 0 Å². The predicted octanol–water partition coefficient (Wildman–Crippen LogP) is 1.53. The van der Waals surface area contributed by atoms with Gasteiger partial charge < -0.3 is 19.5 Å². The van der Waals surface area contributed by atoms with Gasteiger partial charge in [0.2, 0.25) is 11.5 Å². The largest absolute Gasteiger partial charge is 0.510 e. The van der Waals surface area contributed by atoms with E-state index in [9.17, 15) is 14.4 Å². The molecule has 10 heteroatoms. The van der Waals surface area contributed by atoms with E-state index >= 15 is 0 Å². The van der Waals surface area contributed by atoms with Crippen LogP contribution in [0.5, 0.6) is 0 Å². The van der Waals surface area contributed by atoms with Gasteiger partial charge in [-0.1, -0.05) is 34.8 Å². The molecule has 0 bridgehead atoms. The van der Waals surface area contributed by atoms with Crippen LogP contribution in [0.1, 0.15) is 13.8 Å². The maximum absolute atomic E-state index is 11.4. The highest BCUT2D eigenvalue weighted by molar-refractivity contribution is 6.48. The number of halogens is 3. The molecule has 0 radical (unpaired) electrons. The molecule has 4 atom stereocenters. The van der Waals surface area contributed by atoms with E-state index in [4.69, 9.17) is 44.3 Å². The van der Waals surface area contributed by atoms with Gasteiger partial charge in [0.25, 0.3) is 0 Å². The van der Waals surface area contributed by atoms with E-state index in [0.29, 0.717) is 0 Å². The summed E-state index contributed by atoms with van der Waals surface area (Å²) in [5.74, 6) is -1.79. The lowest BCUT2D eigenvalue weighted by Gasteiger charge is -2.38. The Balaban J connectivity index is 2.48. The number of carbonyl (C=O) groups excluding carboxylic acids is 3. The Labute approximate surface area is 129 Å². The zero-order valence-corrected chi connectivity index (χ0v) is 12.7. The monoisotopic (exact) mass is 347 g/mol. The van der Waals surface area contributed by atoms with E-state index in [2.05, 4.69) is 10.1 Å². The van der Waals surface area contributed by atoms with Crippen LogP contribution in [0.15, 0.2) is 0 Å². The molecule has 0 saturated carbocycles. The van der Waals surface area contributed by atoms with E-state index in [-0.39, 0.29) is 0 Å². The highest BCUT2D eigenvalue weighted by Crippen LogP contribution is 2.24. The number of amides is 1. The van der Waals surface area contributed by atoms with Gasteiger partial charge in [0.05, 0.1) is 0 Å². The minimum atomic E-state index is -1.28.